The molecule has 0 bridgehead atoms. The first-order valence-corrected chi connectivity index (χ1v) is 6.31. The van der Waals surface area contributed by atoms with Gasteiger partial charge in [0.2, 0.25) is 0 Å². The van der Waals surface area contributed by atoms with Gasteiger partial charge in [-0.15, -0.1) is 0 Å². The monoisotopic (exact) mass is 243 g/mol. The average Bonchev–Trinajstić information content (AvgIpc) is 2.98. The van der Waals surface area contributed by atoms with Crippen LogP contribution < -0.4 is 5.32 Å². The van der Waals surface area contributed by atoms with Crippen LogP contribution >= 0.6 is 0 Å². The van der Waals surface area contributed by atoms with Crippen LogP contribution in [0.3, 0.4) is 0 Å². The van der Waals surface area contributed by atoms with E-state index in [0.29, 0.717) is 0 Å². The van der Waals surface area contributed by atoms with Crippen LogP contribution in [-0.2, 0) is 6.42 Å². The highest BCUT2D eigenvalue weighted by molar-refractivity contribution is 5.36. The summed E-state index contributed by atoms with van der Waals surface area (Å²) in [5, 5.41) is 13.6. The number of furan rings is 1. The molecule has 1 aromatic heterocycles. The van der Waals surface area contributed by atoms with E-state index in [1.807, 2.05) is 31.2 Å². The number of rotatable bonds is 3. The summed E-state index contributed by atoms with van der Waals surface area (Å²) < 4.78 is 5.38. The summed E-state index contributed by atoms with van der Waals surface area (Å²) in [6.07, 6.45) is 2.03. The molecule has 94 valence electrons. The minimum Gasteiger partial charge on any atom is -0.468 e. The number of aliphatic hydroxyl groups is 1. The lowest BCUT2D eigenvalue weighted by molar-refractivity contribution is 0.134. The van der Waals surface area contributed by atoms with Crippen molar-refractivity contribution in [1.29, 1.82) is 0 Å². The first-order valence-electron chi connectivity index (χ1n) is 6.31. The lowest BCUT2D eigenvalue weighted by Crippen LogP contribution is -2.30. The van der Waals surface area contributed by atoms with Gasteiger partial charge in [0.05, 0.1) is 24.5 Å². The predicted molar refractivity (Wildman–Crippen MR) is 69.2 cm³/mol. The molecule has 0 fully saturated rings. The SMILES string of the molecule is CC(NC1c2ccccc2CC1O)c1ccco1. The first kappa shape index (κ1) is 11.5. The van der Waals surface area contributed by atoms with E-state index >= 15 is 0 Å². The van der Waals surface area contributed by atoms with E-state index in [0.717, 1.165) is 12.2 Å². The van der Waals surface area contributed by atoms with Crippen molar-refractivity contribution in [1.82, 2.24) is 5.32 Å². The summed E-state index contributed by atoms with van der Waals surface area (Å²) >= 11 is 0. The Morgan fingerprint density at radius 2 is 2.11 bits per heavy atom. The normalized spacial score (nSPS) is 23.9. The Kier molecular flexibility index (Phi) is 2.94. The molecule has 3 rings (SSSR count). The number of benzene rings is 1. The third-order valence-corrected chi connectivity index (χ3v) is 3.60. The van der Waals surface area contributed by atoms with Gasteiger partial charge in [0.1, 0.15) is 5.76 Å². The fourth-order valence-electron chi connectivity index (χ4n) is 2.66. The van der Waals surface area contributed by atoms with Gasteiger partial charge in [-0.05, 0) is 30.2 Å². The van der Waals surface area contributed by atoms with E-state index in [2.05, 4.69) is 17.4 Å². The van der Waals surface area contributed by atoms with Crippen LogP contribution in [0.4, 0.5) is 0 Å². The molecule has 1 heterocycles. The highest BCUT2D eigenvalue weighted by Crippen LogP contribution is 2.33. The standard InChI is InChI=1S/C15H17NO2/c1-10(14-7-4-8-18-14)16-15-12-6-3-2-5-11(12)9-13(15)17/h2-8,10,13,15-17H,9H2,1H3. The summed E-state index contributed by atoms with van der Waals surface area (Å²) in [6, 6.07) is 12.1. The maximum absolute atomic E-state index is 10.2. The molecule has 0 saturated carbocycles. The fourth-order valence-corrected chi connectivity index (χ4v) is 2.66. The molecule has 18 heavy (non-hydrogen) atoms. The van der Waals surface area contributed by atoms with Crippen LogP contribution in [0.1, 0.15) is 35.9 Å². The smallest absolute Gasteiger partial charge is 0.120 e. The van der Waals surface area contributed by atoms with Gasteiger partial charge in [-0.3, -0.25) is 5.32 Å². The van der Waals surface area contributed by atoms with Gasteiger partial charge in [-0.1, -0.05) is 24.3 Å². The molecule has 3 unspecified atom stereocenters. The second-order valence-corrected chi connectivity index (χ2v) is 4.85. The second kappa shape index (κ2) is 4.59. The minimum absolute atomic E-state index is 0.0127. The van der Waals surface area contributed by atoms with Gasteiger partial charge in [-0.2, -0.15) is 0 Å². The molecule has 3 nitrogen and oxygen atoms in total. The third kappa shape index (κ3) is 1.96. The Hall–Kier alpha value is -1.58. The summed E-state index contributed by atoms with van der Waals surface area (Å²) in [4.78, 5) is 0. The molecule has 0 aliphatic heterocycles. The van der Waals surface area contributed by atoms with Gasteiger partial charge < -0.3 is 9.52 Å². The molecule has 3 atom stereocenters. The van der Waals surface area contributed by atoms with Gasteiger partial charge in [0.25, 0.3) is 0 Å². The maximum atomic E-state index is 10.2. The zero-order valence-electron chi connectivity index (χ0n) is 10.3. The van der Waals surface area contributed by atoms with Crippen LogP contribution in [0, 0.1) is 0 Å². The topological polar surface area (TPSA) is 45.4 Å². The number of hydrogen-bond acceptors (Lipinski definition) is 3. The van der Waals surface area contributed by atoms with Crippen molar-refractivity contribution in [3.05, 3.63) is 59.5 Å². The summed E-state index contributed by atoms with van der Waals surface area (Å²) in [7, 11) is 0. The van der Waals surface area contributed by atoms with Gasteiger partial charge in [0, 0.05) is 6.42 Å². The molecule has 3 heteroatoms. The summed E-state index contributed by atoms with van der Waals surface area (Å²) in [5.41, 5.74) is 2.43. The highest BCUT2D eigenvalue weighted by Gasteiger charge is 2.31. The predicted octanol–water partition coefficient (Wildman–Crippen LogP) is 2.59. The molecule has 0 saturated heterocycles. The molecular weight excluding hydrogens is 226 g/mol. The summed E-state index contributed by atoms with van der Waals surface area (Å²) in [5.74, 6) is 0.895. The minimum atomic E-state index is -0.361. The second-order valence-electron chi connectivity index (χ2n) is 4.85. The van der Waals surface area contributed by atoms with E-state index in [4.69, 9.17) is 4.42 Å². The fraction of sp³-hybridized carbons (Fsp3) is 0.333. The highest BCUT2D eigenvalue weighted by atomic mass is 16.3. The maximum Gasteiger partial charge on any atom is 0.120 e. The number of nitrogens with one attached hydrogen (secondary N) is 1. The Morgan fingerprint density at radius 3 is 2.89 bits per heavy atom. The zero-order chi connectivity index (χ0) is 12.5. The molecule has 1 aliphatic rings. The Morgan fingerprint density at radius 1 is 1.28 bits per heavy atom. The Bertz CT molecular complexity index is 521. The van der Waals surface area contributed by atoms with Crippen molar-refractivity contribution < 1.29 is 9.52 Å². The van der Waals surface area contributed by atoms with E-state index in [-0.39, 0.29) is 18.2 Å². The van der Waals surface area contributed by atoms with Crippen molar-refractivity contribution in [3.63, 3.8) is 0 Å². The van der Waals surface area contributed by atoms with Crippen molar-refractivity contribution >= 4 is 0 Å². The van der Waals surface area contributed by atoms with E-state index in [9.17, 15) is 5.11 Å². The zero-order valence-corrected chi connectivity index (χ0v) is 10.3. The molecule has 0 radical (unpaired) electrons. The summed E-state index contributed by atoms with van der Waals surface area (Å²) in [6.45, 7) is 2.05. The largest absolute Gasteiger partial charge is 0.468 e. The van der Waals surface area contributed by atoms with Crippen LogP contribution in [-0.4, -0.2) is 11.2 Å². The van der Waals surface area contributed by atoms with E-state index in [1.54, 1.807) is 6.26 Å². The lowest BCUT2D eigenvalue weighted by Gasteiger charge is -2.21. The van der Waals surface area contributed by atoms with Crippen molar-refractivity contribution in [2.75, 3.05) is 0 Å². The number of aliphatic hydroxyl groups excluding tert-OH is 1. The van der Waals surface area contributed by atoms with Crippen LogP contribution in [0.25, 0.3) is 0 Å². The van der Waals surface area contributed by atoms with E-state index < -0.39 is 0 Å². The van der Waals surface area contributed by atoms with E-state index in [1.165, 1.54) is 11.1 Å². The van der Waals surface area contributed by atoms with Crippen LogP contribution in [0.15, 0.2) is 47.1 Å². The Balaban J connectivity index is 1.81. The van der Waals surface area contributed by atoms with Crippen molar-refractivity contribution in [2.24, 2.45) is 0 Å². The van der Waals surface area contributed by atoms with Gasteiger partial charge in [0.15, 0.2) is 0 Å². The molecule has 1 aromatic carbocycles. The lowest BCUT2D eigenvalue weighted by atomic mass is 10.1. The van der Waals surface area contributed by atoms with Gasteiger partial charge in [-0.25, -0.2) is 0 Å². The average molecular weight is 243 g/mol. The molecule has 0 spiro atoms. The van der Waals surface area contributed by atoms with Gasteiger partial charge >= 0.3 is 0 Å². The number of hydrogen-bond donors (Lipinski definition) is 2. The molecule has 1 aliphatic carbocycles. The van der Waals surface area contributed by atoms with Crippen LogP contribution in [0.2, 0.25) is 0 Å². The number of fused-ring (bicyclic) bond motifs is 1. The third-order valence-electron chi connectivity index (χ3n) is 3.60. The molecule has 2 aromatic rings. The first-order chi connectivity index (χ1) is 8.75. The molecule has 0 amide bonds. The molecule has 2 N–H and O–H groups in total. The van der Waals surface area contributed by atoms with Crippen molar-refractivity contribution in [3.8, 4) is 0 Å². The quantitative estimate of drug-likeness (QED) is 0.871. The van der Waals surface area contributed by atoms with Crippen molar-refractivity contribution in [2.45, 2.75) is 31.5 Å². The van der Waals surface area contributed by atoms with Crippen LogP contribution in [0.5, 0.6) is 0 Å². The Labute approximate surface area is 106 Å². The molecular formula is C15H17NO2.